The number of carbonyl (C=O) groups is 4. The van der Waals surface area contributed by atoms with Gasteiger partial charge in [0.1, 0.15) is 18.6 Å². The molecule has 4 amide bonds. The molecule has 3 aliphatic rings. The third-order valence-electron chi connectivity index (χ3n) is 7.25. The molecule has 8 heteroatoms. The molecule has 3 atom stereocenters. The summed E-state index contributed by atoms with van der Waals surface area (Å²) in [6.45, 7) is 1.34. The average molecular weight is 475 g/mol. The highest BCUT2D eigenvalue weighted by molar-refractivity contribution is 6.05. The lowest BCUT2D eigenvalue weighted by atomic mass is 9.86. The topological polar surface area (TPSA) is 98.8 Å². The molecule has 2 fully saturated rings. The van der Waals surface area contributed by atoms with Crippen LogP contribution in [-0.2, 0) is 25.6 Å². The lowest BCUT2D eigenvalue weighted by molar-refractivity contribution is -0.132. The number of rotatable bonds is 5. The smallest absolute Gasteiger partial charge is 0.250 e. The molecule has 0 bridgehead atoms. The number of hydrogen-bond acceptors (Lipinski definition) is 4. The van der Waals surface area contributed by atoms with Gasteiger partial charge in [-0.1, -0.05) is 48.5 Å². The Balaban J connectivity index is 1.51. The molecule has 0 aromatic heterocycles. The van der Waals surface area contributed by atoms with Crippen molar-refractivity contribution in [2.24, 2.45) is 0 Å². The van der Waals surface area contributed by atoms with Gasteiger partial charge in [0.15, 0.2) is 0 Å². The standard InChI is InChI=1S/C27H30N4O4/c32-23-13-12-21(28-23)26(34)29-25-20(18-8-2-1-3-9-18)16-19-10-4-5-11-22(19)31(27(25)35)17-24(33)30-14-6-7-15-30/h1-5,8-11,20-21,25H,6-7,12-17H2,(H,28,32)(H,29,34)/t20-,21-,25+/m0/s1. The number of amides is 4. The van der Waals surface area contributed by atoms with Gasteiger partial charge in [0.05, 0.1) is 0 Å². The Kier molecular flexibility index (Phi) is 6.53. The largest absolute Gasteiger partial charge is 0.344 e. The second kappa shape index (κ2) is 9.90. The maximum atomic E-state index is 14.1. The highest BCUT2D eigenvalue weighted by Gasteiger charge is 2.41. The molecule has 8 nitrogen and oxygen atoms in total. The molecule has 0 radical (unpaired) electrons. The highest BCUT2D eigenvalue weighted by atomic mass is 16.2. The molecule has 2 aromatic carbocycles. The highest BCUT2D eigenvalue weighted by Crippen LogP contribution is 2.35. The molecule has 182 valence electrons. The van der Waals surface area contributed by atoms with Gasteiger partial charge in [-0.3, -0.25) is 19.2 Å². The first kappa shape index (κ1) is 23.1. The van der Waals surface area contributed by atoms with Crippen molar-refractivity contribution in [2.45, 2.75) is 50.1 Å². The van der Waals surface area contributed by atoms with E-state index in [1.165, 1.54) is 4.90 Å². The van der Waals surface area contributed by atoms with Gasteiger partial charge in [-0.2, -0.15) is 0 Å². The van der Waals surface area contributed by atoms with Gasteiger partial charge in [0.2, 0.25) is 17.7 Å². The van der Waals surface area contributed by atoms with Crippen LogP contribution in [0.3, 0.4) is 0 Å². The zero-order valence-electron chi connectivity index (χ0n) is 19.6. The van der Waals surface area contributed by atoms with Crippen LogP contribution in [0.1, 0.15) is 42.7 Å². The Labute approximate surface area is 204 Å². The number of nitrogens with zero attached hydrogens (tertiary/aromatic N) is 2. The number of carbonyl (C=O) groups excluding carboxylic acids is 4. The first-order valence-corrected chi connectivity index (χ1v) is 12.3. The van der Waals surface area contributed by atoms with E-state index in [2.05, 4.69) is 10.6 Å². The molecule has 3 heterocycles. The monoisotopic (exact) mass is 474 g/mol. The van der Waals surface area contributed by atoms with Gasteiger partial charge in [-0.15, -0.1) is 0 Å². The van der Waals surface area contributed by atoms with Crippen molar-refractivity contribution in [3.8, 4) is 0 Å². The number of hydrogen-bond donors (Lipinski definition) is 2. The summed E-state index contributed by atoms with van der Waals surface area (Å²) in [6, 6.07) is 15.8. The van der Waals surface area contributed by atoms with Gasteiger partial charge >= 0.3 is 0 Å². The van der Waals surface area contributed by atoms with Crippen LogP contribution >= 0.6 is 0 Å². The van der Waals surface area contributed by atoms with Gasteiger partial charge < -0.3 is 20.4 Å². The third-order valence-corrected chi connectivity index (χ3v) is 7.25. The maximum Gasteiger partial charge on any atom is 0.250 e. The SMILES string of the molecule is O=C1CC[C@@H](C(=O)N[C@H]2C(=O)N(CC(=O)N3CCCC3)c3ccccc3C[C@H]2c2ccccc2)N1. The summed E-state index contributed by atoms with van der Waals surface area (Å²) in [4.78, 5) is 55.4. The zero-order valence-corrected chi connectivity index (χ0v) is 19.6. The summed E-state index contributed by atoms with van der Waals surface area (Å²) in [5.41, 5.74) is 2.59. The summed E-state index contributed by atoms with van der Waals surface area (Å²) < 4.78 is 0. The Morgan fingerprint density at radius 3 is 2.40 bits per heavy atom. The van der Waals surface area contributed by atoms with Crippen molar-refractivity contribution in [1.82, 2.24) is 15.5 Å². The average Bonchev–Trinajstić information content (AvgIpc) is 3.55. The fourth-order valence-electron chi connectivity index (χ4n) is 5.36. The Hall–Kier alpha value is -3.68. The normalized spacial score (nSPS) is 24.1. The van der Waals surface area contributed by atoms with Crippen LogP contribution in [0.4, 0.5) is 5.69 Å². The van der Waals surface area contributed by atoms with Crippen molar-refractivity contribution in [1.29, 1.82) is 0 Å². The quantitative estimate of drug-likeness (QED) is 0.690. The van der Waals surface area contributed by atoms with E-state index in [0.717, 1.165) is 24.0 Å². The fraction of sp³-hybridized carbons (Fsp3) is 0.407. The van der Waals surface area contributed by atoms with Gasteiger partial charge in [0, 0.05) is 31.1 Å². The molecular formula is C27H30N4O4. The van der Waals surface area contributed by atoms with Crippen LogP contribution in [0.15, 0.2) is 54.6 Å². The Morgan fingerprint density at radius 1 is 0.971 bits per heavy atom. The van der Waals surface area contributed by atoms with E-state index in [1.807, 2.05) is 54.6 Å². The minimum absolute atomic E-state index is 0.0656. The van der Waals surface area contributed by atoms with Gasteiger partial charge in [0.25, 0.3) is 5.91 Å². The van der Waals surface area contributed by atoms with E-state index in [4.69, 9.17) is 0 Å². The lowest BCUT2D eigenvalue weighted by Gasteiger charge is -2.30. The van der Waals surface area contributed by atoms with Crippen molar-refractivity contribution in [3.63, 3.8) is 0 Å². The molecule has 0 spiro atoms. The third kappa shape index (κ3) is 4.78. The van der Waals surface area contributed by atoms with Crippen LogP contribution in [-0.4, -0.2) is 60.2 Å². The van der Waals surface area contributed by atoms with E-state index >= 15 is 0 Å². The number of benzene rings is 2. The number of para-hydroxylation sites is 1. The molecule has 2 saturated heterocycles. The molecule has 35 heavy (non-hydrogen) atoms. The summed E-state index contributed by atoms with van der Waals surface area (Å²) in [5, 5.41) is 5.65. The number of likely N-dealkylation sites (tertiary alicyclic amines) is 1. The Bertz CT molecular complexity index is 1130. The molecule has 0 unspecified atom stereocenters. The summed E-state index contributed by atoms with van der Waals surface area (Å²) >= 11 is 0. The maximum absolute atomic E-state index is 14.1. The first-order valence-electron chi connectivity index (χ1n) is 12.3. The predicted molar refractivity (Wildman–Crippen MR) is 131 cm³/mol. The molecule has 3 aliphatic heterocycles. The predicted octanol–water partition coefficient (Wildman–Crippen LogP) is 1.75. The number of anilines is 1. The van der Waals surface area contributed by atoms with Crippen LogP contribution < -0.4 is 15.5 Å². The minimum Gasteiger partial charge on any atom is -0.344 e. The zero-order chi connectivity index (χ0) is 24.4. The second-order valence-corrected chi connectivity index (χ2v) is 9.51. The van der Waals surface area contributed by atoms with Crippen LogP contribution in [0.25, 0.3) is 0 Å². The van der Waals surface area contributed by atoms with E-state index in [9.17, 15) is 19.2 Å². The number of fused-ring (bicyclic) bond motifs is 1. The number of nitrogens with one attached hydrogen (secondary N) is 2. The first-order chi connectivity index (χ1) is 17.0. The van der Waals surface area contributed by atoms with Crippen molar-refractivity contribution in [3.05, 3.63) is 65.7 Å². The van der Waals surface area contributed by atoms with Gasteiger partial charge in [-0.05, 0) is 42.9 Å². The van der Waals surface area contributed by atoms with Crippen molar-refractivity contribution in [2.75, 3.05) is 24.5 Å². The molecular weight excluding hydrogens is 444 g/mol. The summed E-state index contributed by atoms with van der Waals surface area (Å²) in [6.07, 6.45) is 3.16. The molecule has 2 N–H and O–H groups in total. The van der Waals surface area contributed by atoms with E-state index in [-0.39, 0.29) is 36.1 Å². The van der Waals surface area contributed by atoms with Crippen LogP contribution in [0, 0.1) is 0 Å². The second-order valence-electron chi connectivity index (χ2n) is 9.51. The lowest BCUT2D eigenvalue weighted by Crippen LogP contribution is -2.56. The van der Waals surface area contributed by atoms with E-state index in [1.54, 1.807) is 4.90 Å². The summed E-state index contributed by atoms with van der Waals surface area (Å²) in [5.74, 6) is -1.25. The van der Waals surface area contributed by atoms with Crippen LogP contribution in [0.2, 0.25) is 0 Å². The van der Waals surface area contributed by atoms with Crippen molar-refractivity contribution >= 4 is 29.3 Å². The van der Waals surface area contributed by atoms with E-state index < -0.39 is 12.1 Å². The molecule has 2 aromatic rings. The fourth-order valence-corrected chi connectivity index (χ4v) is 5.36. The molecule has 0 saturated carbocycles. The Morgan fingerprint density at radius 2 is 1.69 bits per heavy atom. The van der Waals surface area contributed by atoms with Crippen LogP contribution in [0.5, 0.6) is 0 Å². The van der Waals surface area contributed by atoms with Crippen molar-refractivity contribution < 1.29 is 19.2 Å². The van der Waals surface area contributed by atoms with E-state index in [0.29, 0.717) is 38.0 Å². The minimum atomic E-state index is -0.874. The summed E-state index contributed by atoms with van der Waals surface area (Å²) in [7, 11) is 0. The molecule has 0 aliphatic carbocycles. The molecule has 5 rings (SSSR count). The van der Waals surface area contributed by atoms with Gasteiger partial charge in [-0.25, -0.2) is 0 Å².